The molecule has 0 saturated heterocycles. The zero-order chi connectivity index (χ0) is 11.3. The number of carbonyl (C=O) groups excluding carboxylic acids is 2. The minimum absolute atomic E-state index is 0. The molecule has 2 N–H and O–H groups in total. The molecular formula is C10H10NNaO4. The van der Waals surface area contributed by atoms with Crippen molar-refractivity contribution in [1.82, 2.24) is 5.32 Å². The number of nitrogens with one attached hydrogen (secondary N) is 1. The number of rotatable bonds is 5. The van der Waals surface area contributed by atoms with Crippen LogP contribution in [0.4, 0.5) is 0 Å². The third-order valence-corrected chi connectivity index (χ3v) is 1.75. The summed E-state index contributed by atoms with van der Waals surface area (Å²) in [6.45, 7) is -0.570. The summed E-state index contributed by atoms with van der Waals surface area (Å²) in [5.74, 6) is -1.95. The summed E-state index contributed by atoms with van der Waals surface area (Å²) in [5.41, 5.74) is 0.316. The van der Waals surface area contributed by atoms with Crippen molar-refractivity contribution in [1.29, 1.82) is 0 Å². The smallest absolute Gasteiger partial charge is 0.549 e. The first-order valence-corrected chi connectivity index (χ1v) is 4.32. The van der Waals surface area contributed by atoms with Crippen molar-refractivity contribution >= 4 is 11.8 Å². The van der Waals surface area contributed by atoms with Gasteiger partial charge in [0, 0.05) is 12.1 Å². The van der Waals surface area contributed by atoms with Crippen molar-refractivity contribution < 1.29 is 49.4 Å². The van der Waals surface area contributed by atoms with Gasteiger partial charge in [-0.1, -0.05) is 30.3 Å². The molecule has 80 valence electrons. The number of ketones is 1. The molecule has 0 bridgehead atoms. The van der Waals surface area contributed by atoms with Crippen LogP contribution in [0.25, 0.3) is 0 Å². The maximum Gasteiger partial charge on any atom is 1.00 e. The number of carbonyl (C=O) groups is 2. The van der Waals surface area contributed by atoms with Gasteiger partial charge in [0.15, 0.2) is 6.23 Å². The van der Waals surface area contributed by atoms with Gasteiger partial charge < -0.3 is 15.0 Å². The monoisotopic (exact) mass is 231 g/mol. The van der Waals surface area contributed by atoms with Crippen molar-refractivity contribution in [3.63, 3.8) is 0 Å². The van der Waals surface area contributed by atoms with Gasteiger partial charge in [-0.2, -0.15) is 0 Å². The zero-order valence-electron chi connectivity index (χ0n) is 8.84. The Balaban J connectivity index is 0.00000225. The molecule has 1 rings (SSSR count). The first kappa shape index (κ1) is 15.3. The summed E-state index contributed by atoms with van der Waals surface area (Å²) in [6, 6.07) is 8.10. The Bertz CT molecular complexity index is 355. The fourth-order valence-electron chi connectivity index (χ4n) is 1.03. The van der Waals surface area contributed by atoms with E-state index >= 15 is 0 Å². The van der Waals surface area contributed by atoms with Gasteiger partial charge in [-0.25, -0.2) is 0 Å². The van der Waals surface area contributed by atoms with Crippen molar-refractivity contribution in [2.24, 2.45) is 0 Å². The van der Waals surface area contributed by atoms with Crippen LogP contribution < -0.4 is 40.0 Å². The molecule has 1 aromatic rings. The molecule has 0 fully saturated rings. The maximum atomic E-state index is 11.4. The molecule has 16 heavy (non-hydrogen) atoms. The van der Waals surface area contributed by atoms with Gasteiger partial charge in [0.25, 0.3) is 0 Å². The van der Waals surface area contributed by atoms with Crippen LogP contribution in [0, 0.1) is 0 Å². The van der Waals surface area contributed by atoms with Crippen LogP contribution in [-0.2, 0) is 4.79 Å². The van der Waals surface area contributed by atoms with Gasteiger partial charge in [0.1, 0.15) is 0 Å². The Morgan fingerprint density at radius 2 is 1.88 bits per heavy atom. The molecule has 1 aromatic carbocycles. The quantitative estimate of drug-likeness (QED) is 0.303. The number of hydrogen-bond donors (Lipinski definition) is 2. The summed E-state index contributed by atoms with van der Waals surface area (Å²) in [4.78, 5) is 21.5. The Hall–Kier alpha value is -0.720. The number of carboxylic acids is 1. The van der Waals surface area contributed by atoms with Crippen molar-refractivity contribution in [2.45, 2.75) is 6.23 Å². The van der Waals surface area contributed by atoms with Gasteiger partial charge >= 0.3 is 29.6 Å². The molecule has 6 heteroatoms. The SMILES string of the molecule is O=C([O-])CNC(O)C(=O)c1ccccc1.[Na+]. The van der Waals surface area contributed by atoms with Crippen molar-refractivity contribution in [2.75, 3.05) is 6.54 Å². The first-order valence-electron chi connectivity index (χ1n) is 4.32. The van der Waals surface area contributed by atoms with Crippen LogP contribution in [0.5, 0.6) is 0 Å². The number of Topliss-reactive ketones (excluding diaryl/α,β-unsaturated/α-hetero) is 1. The molecule has 0 aliphatic carbocycles. The molecule has 1 atom stereocenters. The van der Waals surface area contributed by atoms with E-state index in [1.54, 1.807) is 18.2 Å². The molecule has 0 aliphatic heterocycles. The summed E-state index contributed by atoms with van der Waals surface area (Å²) >= 11 is 0. The van der Waals surface area contributed by atoms with E-state index in [-0.39, 0.29) is 29.6 Å². The van der Waals surface area contributed by atoms with Crippen LogP contribution in [0.15, 0.2) is 30.3 Å². The maximum absolute atomic E-state index is 11.4. The molecule has 0 amide bonds. The topological polar surface area (TPSA) is 89.5 Å². The molecule has 0 radical (unpaired) electrons. The number of carboxylic acid groups (broad SMARTS) is 1. The van der Waals surface area contributed by atoms with Gasteiger partial charge in [0.2, 0.25) is 5.78 Å². The van der Waals surface area contributed by atoms with E-state index in [1.807, 2.05) is 0 Å². The zero-order valence-corrected chi connectivity index (χ0v) is 10.8. The molecule has 0 saturated carbocycles. The third kappa shape index (κ3) is 4.87. The first-order chi connectivity index (χ1) is 7.11. The van der Waals surface area contributed by atoms with Crippen molar-refractivity contribution in [3.05, 3.63) is 35.9 Å². The summed E-state index contributed by atoms with van der Waals surface area (Å²) in [6.07, 6.45) is -1.52. The van der Waals surface area contributed by atoms with E-state index in [0.29, 0.717) is 5.56 Å². The Morgan fingerprint density at radius 3 is 2.38 bits per heavy atom. The predicted molar refractivity (Wildman–Crippen MR) is 49.8 cm³/mol. The van der Waals surface area contributed by atoms with Gasteiger partial charge in [-0.3, -0.25) is 10.1 Å². The number of hydrogen-bond acceptors (Lipinski definition) is 5. The third-order valence-electron chi connectivity index (χ3n) is 1.75. The normalized spacial score (nSPS) is 11.3. The molecule has 5 nitrogen and oxygen atoms in total. The van der Waals surface area contributed by atoms with Crippen molar-refractivity contribution in [3.8, 4) is 0 Å². The number of aliphatic hydroxyl groups excluding tert-OH is 1. The summed E-state index contributed by atoms with van der Waals surface area (Å²) in [5, 5.41) is 21.5. The fourth-order valence-corrected chi connectivity index (χ4v) is 1.03. The Kier molecular flexibility index (Phi) is 7.20. The molecule has 0 heterocycles. The molecule has 0 aliphatic rings. The van der Waals surface area contributed by atoms with Crippen LogP contribution in [0.3, 0.4) is 0 Å². The van der Waals surface area contributed by atoms with Gasteiger partial charge in [-0.05, 0) is 0 Å². The Morgan fingerprint density at radius 1 is 1.31 bits per heavy atom. The Labute approximate surface area is 115 Å². The van der Waals surface area contributed by atoms with E-state index in [4.69, 9.17) is 0 Å². The molecule has 0 aromatic heterocycles. The summed E-state index contributed by atoms with van der Waals surface area (Å²) in [7, 11) is 0. The van der Waals surface area contributed by atoms with Crippen LogP contribution >= 0.6 is 0 Å². The second-order valence-corrected chi connectivity index (χ2v) is 2.89. The fraction of sp³-hybridized carbons (Fsp3) is 0.200. The van der Waals surface area contributed by atoms with E-state index in [9.17, 15) is 19.8 Å². The van der Waals surface area contributed by atoms with E-state index < -0.39 is 24.5 Å². The average Bonchev–Trinajstić information content (AvgIpc) is 2.26. The van der Waals surface area contributed by atoms with E-state index in [1.165, 1.54) is 12.1 Å². The summed E-state index contributed by atoms with van der Waals surface area (Å²) < 4.78 is 0. The van der Waals surface area contributed by atoms with Gasteiger partial charge in [0.05, 0.1) is 5.97 Å². The minimum atomic E-state index is -1.52. The predicted octanol–water partition coefficient (Wildman–Crippen LogP) is -4.47. The number of benzene rings is 1. The second kappa shape index (κ2) is 7.54. The largest absolute Gasteiger partial charge is 1.00 e. The van der Waals surface area contributed by atoms with E-state index in [0.717, 1.165) is 0 Å². The minimum Gasteiger partial charge on any atom is -0.549 e. The number of aliphatic carboxylic acids is 1. The van der Waals surface area contributed by atoms with Crippen LogP contribution in [0.2, 0.25) is 0 Å². The molecule has 0 spiro atoms. The number of aliphatic hydroxyl groups is 1. The van der Waals surface area contributed by atoms with E-state index in [2.05, 4.69) is 5.32 Å². The molecular weight excluding hydrogens is 221 g/mol. The standard InChI is InChI=1S/C10H11NO4.Na/c12-8(13)6-11-10(15)9(14)7-4-2-1-3-5-7;/h1-5,10-11,15H,6H2,(H,12,13);/q;+1/p-1. The second-order valence-electron chi connectivity index (χ2n) is 2.89. The van der Waals surface area contributed by atoms with Gasteiger partial charge in [-0.15, -0.1) is 0 Å². The molecule has 1 unspecified atom stereocenters. The van der Waals surface area contributed by atoms with Crippen LogP contribution in [-0.4, -0.2) is 29.6 Å². The average molecular weight is 231 g/mol. The van der Waals surface area contributed by atoms with Crippen LogP contribution in [0.1, 0.15) is 10.4 Å².